The maximum atomic E-state index is 5.92. The van der Waals surface area contributed by atoms with Gasteiger partial charge in [-0.05, 0) is 54.3 Å². The van der Waals surface area contributed by atoms with Gasteiger partial charge in [0.15, 0.2) is 5.75 Å². The molecular formula is C16H15N3O. The van der Waals surface area contributed by atoms with E-state index in [9.17, 15) is 0 Å². The van der Waals surface area contributed by atoms with E-state index in [-0.39, 0.29) is 0 Å². The highest BCUT2D eigenvalue weighted by Gasteiger charge is 2.05. The van der Waals surface area contributed by atoms with Crippen LogP contribution in [0.2, 0.25) is 0 Å². The number of aromatic nitrogens is 1. The summed E-state index contributed by atoms with van der Waals surface area (Å²) in [6.45, 7) is 2.00. The lowest BCUT2D eigenvalue weighted by molar-refractivity contribution is 0.485. The molecule has 4 N–H and O–H groups in total. The molecule has 2 aromatic carbocycles. The van der Waals surface area contributed by atoms with Gasteiger partial charge >= 0.3 is 0 Å². The van der Waals surface area contributed by atoms with E-state index >= 15 is 0 Å². The molecule has 0 atom stereocenters. The molecule has 0 spiro atoms. The van der Waals surface area contributed by atoms with Gasteiger partial charge in [0.05, 0.1) is 5.69 Å². The second kappa shape index (κ2) is 4.74. The summed E-state index contributed by atoms with van der Waals surface area (Å²) in [6, 6.07) is 13.3. The Bertz CT molecular complexity index is 784. The average Bonchev–Trinajstić information content (AvgIpc) is 2.43. The van der Waals surface area contributed by atoms with Crippen LogP contribution in [0.15, 0.2) is 48.7 Å². The number of rotatable bonds is 2. The van der Waals surface area contributed by atoms with Gasteiger partial charge in [0.2, 0.25) is 0 Å². The molecule has 0 fully saturated rings. The summed E-state index contributed by atoms with van der Waals surface area (Å²) in [7, 11) is 0. The number of nitrogen functional groups attached to an aromatic ring is 2. The molecule has 3 aromatic rings. The Hall–Kier alpha value is -2.75. The lowest BCUT2D eigenvalue weighted by Crippen LogP contribution is -1.94. The number of benzene rings is 2. The minimum atomic E-state index is 0.518. The van der Waals surface area contributed by atoms with Crippen molar-refractivity contribution in [2.24, 2.45) is 0 Å². The summed E-state index contributed by atoms with van der Waals surface area (Å²) in [4.78, 5) is 4.06. The SMILES string of the molecule is Cc1ccc(N)c(Oc2ccc3c(N)nccc3c2)c1. The second-order valence-electron chi connectivity index (χ2n) is 4.72. The van der Waals surface area contributed by atoms with Crippen molar-refractivity contribution in [1.82, 2.24) is 4.98 Å². The minimum absolute atomic E-state index is 0.518. The minimum Gasteiger partial charge on any atom is -0.455 e. The Balaban J connectivity index is 2.01. The van der Waals surface area contributed by atoms with Crippen LogP contribution in [0.1, 0.15) is 5.56 Å². The van der Waals surface area contributed by atoms with Crippen LogP contribution in [0.25, 0.3) is 10.8 Å². The predicted octanol–water partition coefficient (Wildman–Crippen LogP) is 3.50. The topological polar surface area (TPSA) is 74.2 Å². The van der Waals surface area contributed by atoms with Crippen molar-refractivity contribution < 1.29 is 4.74 Å². The second-order valence-corrected chi connectivity index (χ2v) is 4.72. The molecule has 20 heavy (non-hydrogen) atoms. The fourth-order valence-corrected chi connectivity index (χ4v) is 2.10. The molecule has 0 saturated heterocycles. The largest absolute Gasteiger partial charge is 0.455 e. The molecule has 0 aliphatic carbocycles. The zero-order valence-corrected chi connectivity index (χ0v) is 11.1. The van der Waals surface area contributed by atoms with E-state index < -0.39 is 0 Å². The van der Waals surface area contributed by atoms with Crippen molar-refractivity contribution in [3.8, 4) is 11.5 Å². The highest BCUT2D eigenvalue weighted by molar-refractivity contribution is 5.91. The summed E-state index contributed by atoms with van der Waals surface area (Å²) in [5.74, 6) is 1.90. The smallest absolute Gasteiger partial charge is 0.150 e. The van der Waals surface area contributed by atoms with Gasteiger partial charge < -0.3 is 16.2 Å². The number of hydrogen-bond acceptors (Lipinski definition) is 4. The van der Waals surface area contributed by atoms with Crippen LogP contribution in [-0.4, -0.2) is 4.98 Å². The molecule has 0 aliphatic rings. The number of fused-ring (bicyclic) bond motifs is 1. The summed E-state index contributed by atoms with van der Waals surface area (Å²) in [5.41, 5.74) is 13.5. The first-order valence-electron chi connectivity index (χ1n) is 6.32. The molecule has 0 aliphatic heterocycles. The van der Waals surface area contributed by atoms with Gasteiger partial charge in [-0.1, -0.05) is 6.07 Å². The van der Waals surface area contributed by atoms with Crippen LogP contribution in [0.3, 0.4) is 0 Å². The van der Waals surface area contributed by atoms with E-state index in [0.717, 1.165) is 22.1 Å². The fraction of sp³-hybridized carbons (Fsp3) is 0.0625. The first-order valence-corrected chi connectivity index (χ1v) is 6.32. The van der Waals surface area contributed by atoms with E-state index in [4.69, 9.17) is 16.2 Å². The lowest BCUT2D eigenvalue weighted by atomic mass is 10.1. The molecule has 0 bridgehead atoms. The van der Waals surface area contributed by atoms with Crippen LogP contribution in [0.4, 0.5) is 11.5 Å². The van der Waals surface area contributed by atoms with Crippen LogP contribution in [0.5, 0.6) is 11.5 Å². The van der Waals surface area contributed by atoms with Crippen LogP contribution >= 0.6 is 0 Å². The van der Waals surface area contributed by atoms with Gasteiger partial charge in [0.1, 0.15) is 11.6 Å². The Kier molecular flexibility index (Phi) is 2.91. The van der Waals surface area contributed by atoms with Gasteiger partial charge in [-0.15, -0.1) is 0 Å². The highest BCUT2D eigenvalue weighted by Crippen LogP contribution is 2.31. The van der Waals surface area contributed by atoms with Crippen molar-refractivity contribution in [2.75, 3.05) is 11.5 Å². The first kappa shape index (κ1) is 12.3. The maximum absolute atomic E-state index is 5.92. The van der Waals surface area contributed by atoms with Crippen molar-refractivity contribution >= 4 is 22.3 Å². The molecule has 1 heterocycles. The number of hydrogen-bond donors (Lipinski definition) is 2. The molecule has 4 heteroatoms. The number of nitrogens with two attached hydrogens (primary N) is 2. The predicted molar refractivity (Wildman–Crippen MR) is 81.8 cm³/mol. The molecule has 0 unspecified atom stereocenters. The molecule has 0 amide bonds. The standard InChI is InChI=1S/C16H15N3O/c1-10-2-5-14(17)15(8-10)20-12-3-4-13-11(9-12)6-7-19-16(13)18/h2-9H,17H2,1H3,(H2,18,19). The Labute approximate surface area is 117 Å². The van der Waals surface area contributed by atoms with Crippen molar-refractivity contribution in [3.63, 3.8) is 0 Å². The van der Waals surface area contributed by atoms with Crippen molar-refractivity contribution in [2.45, 2.75) is 6.92 Å². The number of nitrogens with zero attached hydrogens (tertiary/aromatic N) is 1. The third kappa shape index (κ3) is 2.23. The maximum Gasteiger partial charge on any atom is 0.150 e. The lowest BCUT2D eigenvalue weighted by Gasteiger charge is -2.10. The van der Waals surface area contributed by atoms with E-state index in [1.807, 2.05) is 49.4 Å². The molecule has 100 valence electrons. The quantitative estimate of drug-likeness (QED) is 0.695. The summed E-state index contributed by atoms with van der Waals surface area (Å²) >= 11 is 0. The fourth-order valence-electron chi connectivity index (χ4n) is 2.10. The van der Waals surface area contributed by atoms with E-state index in [1.54, 1.807) is 6.20 Å². The van der Waals surface area contributed by atoms with Crippen molar-refractivity contribution in [1.29, 1.82) is 0 Å². The monoisotopic (exact) mass is 265 g/mol. The molecule has 3 rings (SSSR count). The molecule has 0 radical (unpaired) electrons. The van der Waals surface area contributed by atoms with Crippen LogP contribution in [0, 0.1) is 6.92 Å². The molecule has 1 aromatic heterocycles. The van der Waals surface area contributed by atoms with Gasteiger partial charge in [0, 0.05) is 11.6 Å². The van der Waals surface area contributed by atoms with Crippen molar-refractivity contribution in [3.05, 3.63) is 54.2 Å². The number of anilines is 2. The molecular weight excluding hydrogens is 250 g/mol. The van der Waals surface area contributed by atoms with Gasteiger partial charge in [-0.2, -0.15) is 0 Å². The zero-order chi connectivity index (χ0) is 14.1. The molecule has 4 nitrogen and oxygen atoms in total. The van der Waals surface area contributed by atoms with Crippen LogP contribution in [-0.2, 0) is 0 Å². The summed E-state index contributed by atoms with van der Waals surface area (Å²) < 4.78 is 5.85. The summed E-state index contributed by atoms with van der Waals surface area (Å²) in [6.07, 6.45) is 1.68. The average molecular weight is 265 g/mol. The van der Waals surface area contributed by atoms with E-state index in [0.29, 0.717) is 17.3 Å². The van der Waals surface area contributed by atoms with E-state index in [2.05, 4.69) is 4.98 Å². The number of pyridine rings is 1. The Morgan fingerprint density at radius 3 is 2.70 bits per heavy atom. The van der Waals surface area contributed by atoms with Gasteiger partial charge in [0.25, 0.3) is 0 Å². The highest BCUT2D eigenvalue weighted by atomic mass is 16.5. The Morgan fingerprint density at radius 1 is 1.00 bits per heavy atom. The van der Waals surface area contributed by atoms with E-state index in [1.165, 1.54) is 0 Å². The number of aryl methyl sites for hydroxylation is 1. The first-order chi connectivity index (χ1) is 9.63. The third-order valence-electron chi connectivity index (χ3n) is 3.16. The summed E-state index contributed by atoms with van der Waals surface area (Å²) in [5, 5.41) is 1.90. The zero-order valence-electron chi connectivity index (χ0n) is 11.1. The van der Waals surface area contributed by atoms with Gasteiger partial charge in [-0.25, -0.2) is 4.98 Å². The van der Waals surface area contributed by atoms with Gasteiger partial charge in [-0.3, -0.25) is 0 Å². The third-order valence-corrected chi connectivity index (χ3v) is 3.16. The number of ether oxygens (including phenoxy) is 1. The Morgan fingerprint density at radius 2 is 1.85 bits per heavy atom. The normalized spacial score (nSPS) is 10.7. The molecule has 0 saturated carbocycles. The van der Waals surface area contributed by atoms with Crippen LogP contribution < -0.4 is 16.2 Å².